The van der Waals surface area contributed by atoms with Gasteiger partial charge in [0.15, 0.2) is 9.84 Å². The lowest BCUT2D eigenvalue weighted by molar-refractivity contribution is 0.102. The number of anilines is 1. The zero-order valence-corrected chi connectivity index (χ0v) is 12.4. The predicted molar refractivity (Wildman–Crippen MR) is 81.2 cm³/mol. The largest absolute Gasteiger partial charge is 0.322 e. The van der Waals surface area contributed by atoms with Crippen molar-refractivity contribution in [3.05, 3.63) is 54.1 Å². The van der Waals surface area contributed by atoms with Crippen LogP contribution in [0, 0.1) is 0 Å². The maximum atomic E-state index is 12.0. The molecule has 0 fully saturated rings. The molecule has 104 valence electrons. The van der Waals surface area contributed by atoms with Crippen LogP contribution in [0.1, 0.15) is 10.4 Å². The standard InChI is InChI=1S/C14H13NO3S2/c1-20(17,18)13-7-5-10(6-8-13)14(16)15-11-3-2-4-12(19)9-11/h2-9,19H,1H3,(H,15,16). The fourth-order valence-electron chi connectivity index (χ4n) is 1.64. The third kappa shape index (κ3) is 3.61. The smallest absolute Gasteiger partial charge is 0.255 e. The summed E-state index contributed by atoms with van der Waals surface area (Å²) in [6.07, 6.45) is 1.13. The van der Waals surface area contributed by atoms with Gasteiger partial charge >= 0.3 is 0 Å². The van der Waals surface area contributed by atoms with Gasteiger partial charge in [0.1, 0.15) is 0 Å². The van der Waals surface area contributed by atoms with Gasteiger partial charge in [0.25, 0.3) is 5.91 Å². The summed E-state index contributed by atoms with van der Waals surface area (Å²) in [4.78, 5) is 12.9. The molecular weight excluding hydrogens is 294 g/mol. The van der Waals surface area contributed by atoms with Gasteiger partial charge in [-0.05, 0) is 42.5 Å². The molecule has 0 aliphatic heterocycles. The van der Waals surface area contributed by atoms with Crippen LogP contribution in [-0.2, 0) is 9.84 Å². The Hall–Kier alpha value is -1.79. The molecule has 0 aromatic heterocycles. The second-order valence-electron chi connectivity index (χ2n) is 4.30. The zero-order valence-electron chi connectivity index (χ0n) is 10.7. The van der Waals surface area contributed by atoms with Gasteiger partial charge in [0.05, 0.1) is 4.90 Å². The minimum atomic E-state index is -3.25. The number of hydrogen-bond acceptors (Lipinski definition) is 4. The first-order chi connectivity index (χ1) is 9.36. The van der Waals surface area contributed by atoms with Crippen molar-refractivity contribution in [2.75, 3.05) is 11.6 Å². The summed E-state index contributed by atoms with van der Waals surface area (Å²) >= 11 is 4.19. The van der Waals surface area contributed by atoms with Crippen LogP contribution >= 0.6 is 12.6 Å². The fourth-order valence-corrected chi connectivity index (χ4v) is 2.50. The number of hydrogen-bond donors (Lipinski definition) is 2. The van der Waals surface area contributed by atoms with Crippen molar-refractivity contribution in [1.29, 1.82) is 0 Å². The highest BCUT2D eigenvalue weighted by Gasteiger charge is 2.10. The van der Waals surface area contributed by atoms with Crippen molar-refractivity contribution in [1.82, 2.24) is 0 Å². The predicted octanol–water partition coefficient (Wildman–Crippen LogP) is 2.63. The van der Waals surface area contributed by atoms with Gasteiger partial charge in [0.2, 0.25) is 0 Å². The molecule has 0 aliphatic carbocycles. The molecule has 2 rings (SSSR count). The van der Waals surface area contributed by atoms with Crippen LogP contribution in [-0.4, -0.2) is 20.6 Å². The summed E-state index contributed by atoms with van der Waals surface area (Å²) in [7, 11) is -3.25. The third-order valence-corrected chi connectivity index (χ3v) is 4.06. The monoisotopic (exact) mass is 307 g/mol. The molecule has 0 atom stereocenters. The average molecular weight is 307 g/mol. The van der Waals surface area contributed by atoms with E-state index < -0.39 is 9.84 Å². The lowest BCUT2D eigenvalue weighted by Gasteiger charge is -2.06. The third-order valence-electron chi connectivity index (χ3n) is 2.65. The Morgan fingerprint density at radius 1 is 1.10 bits per heavy atom. The van der Waals surface area contributed by atoms with E-state index in [1.807, 2.05) is 0 Å². The Bertz CT molecular complexity index is 737. The van der Waals surface area contributed by atoms with E-state index in [0.717, 1.165) is 11.2 Å². The van der Waals surface area contributed by atoms with Gasteiger partial charge in [-0.15, -0.1) is 12.6 Å². The zero-order chi connectivity index (χ0) is 14.8. The number of benzene rings is 2. The Morgan fingerprint density at radius 3 is 2.30 bits per heavy atom. The Labute approximate surface area is 123 Å². The topological polar surface area (TPSA) is 63.2 Å². The lowest BCUT2D eigenvalue weighted by Crippen LogP contribution is -2.12. The Kier molecular flexibility index (Phi) is 4.15. The van der Waals surface area contributed by atoms with E-state index in [9.17, 15) is 13.2 Å². The number of rotatable bonds is 3. The summed E-state index contributed by atoms with van der Waals surface area (Å²) in [5.74, 6) is -0.302. The maximum Gasteiger partial charge on any atom is 0.255 e. The summed E-state index contributed by atoms with van der Waals surface area (Å²) in [5.41, 5.74) is 1.02. The van der Waals surface area contributed by atoms with Crippen molar-refractivity contribution in [3.63, 3.8) is 0 Å². The molecule has 0 saturated heterocycles. The van der Waals surface area contributed by atoms with Gasteiger partial charge in [-0.1, -0.05) is 6.07 Å². The van der Waals surface area contributed by atoms with Crippen LogP contribution in [0.4, 0.5) is 5.69 Å². The van der Waals surface area contributed by atoms with E-state index >= 15 is 0 Å². The summed E-state index contributed by atoms with van der Waals surface area (Å²) in [6.45, 7) is 0. The fraction of sp³-hybridized carbons (Fsp3) is 0.0714. The van der Waals surface area contributed by atoms with Crippen LogP contribution in [0.2, 0.25) is 0 Å². The van der Waals surface area contributed by atoms with Crippen molar-refractivity contribution in [3.8, 4) is 0 Å². The molecule has 0 saturated carbocycles. The molecule has 20 heavy (non-hydrogen) atoms. The van der Waals surface area contributed by atoms with Crippen molar-refractivity contribution < 1.29 is 13.2 Å². The highest BCUT2D eigenvalue weighted by Crippen LogP contribution is 2.15. The first-order valence-electron chi connectivity index (χ1n) is 5.77. The molecule has 6 heteroatoms. The minimum Gasteiger partial charge on any atom is -0.322 e. The van der Waals surface area contributed by atoms with Crippen LogP contribution < -0.4 is 5.32 Å². The first-order valence-corrected chi connectivity index (χ1v) is 8.10. The number of nitrogens with one attached hydrogen (secondary N) is 1. The average Bonchev–Trinajstić information content (AvgIpc) is 2.38. The molecule has 4 nitrogen and oxygen atoms in total. The highest BCUT2D eigenvalue weighted by molar-refractivity contribution is 7.90. The molecule has 0 aliphatic rings. The van der Waals surface area contributed by atoms with Crippen molar-refractivity contribution >= 4 is 34.1 Å². The number of sulfone groups is 1. The van der Waals surface area contributed by atoms with E-state index in [2.05, 4.69) is 17.9 Å². The van der Waals surface area contributed by atoms with Crippen LogP contribution in [0.5, 0.6) is 0 Å². The summed E-state index contributed by atoms with van der Waals surface area (Å²) in [5, 5.41) is 2.72. The van der Waals surface area contributed by atoms with E-state index in [1.165, 1.54) is 24.3 Å². The first kappa shape index (κ1) is 14.6. The molecule has 0 radical (unpaired) electrons. The molecule has 1 N–H and O–H groups in total. The Balaban J connectivity index is 2.18. The normalized spacial score (nSPS) is 11.1. The molecule has 1 amide bonds. The SMILES string of the molecule is CS(=O)(=O)c1ccc(C(=O)Nc2cccc(S)c2)cc1. The summed E-state index contributed by atoms with van der Waals surface area (Å²) in [6, 6.07) is 12.9. The quantitative estimate of drug-likeness (QED) is 0.857. The number of amides is 1. The molecule has 0 bridgehead atoms. The highest BCUT2D eigenvalue weighted by atomic mass is 32.2. The Morgan fingerprint density at radius 2 is 1.75 bits per heavy atom. The van der Waals surface area contributed by atoms with E-state index in [1.54, 1.807) is 24.3 Å². The van der Waals surface area contributed by atoms with Gasteiger partial charge < -0.3 is 5.32 Å². The number of carbonyl (C=O) groups excluding carboxylic acids is 1. The maximum absolute atomic E-state index is 12.0. The van der Waals surface area contributed by atoms with Crippen LogP contribution in [0.15, 0.2) is 58.3 Å². The molecular formula is C14H13NO3S2. The second kappa shape index (κ2) is 5.68. The van der Waals surface area contributed by atoms with E-state index in [-0.39, 0.29) is 10.8 Å². The minimum absolute atomic E-state index is 0.186. The van der Waals surface area contributed by atoms with Crippen LogP contribution in [0.25, 0.3) is 0 Å². The molecule has 2 aromatic carbocycles. The summed E-state index contributed by atoms with van der Waals surface area (Å²) < 4.78 is 22.7. The lowest BCUT2D eigenvalue weighted by atomic mass is 10.2. The van der Waals surface area contributed by atoms with Gasteiger partial charge in [0, 0.05) is 22.4 Å². The van der Waals surface area contributed by atoms with E-state index in [4.69, 9.17) is 0 Å². The van der Waals surface area contributed by atoms with E-state index in [0.29, 0.717) is 11.3 Å². The molecule has 0 unspecified atom stereocenters. The second-order valence-corrected chi connectivity index (χ2v) is 6.83. The number of carbonyl (C=O) groups is 1. The van der Waals surface area contributed by atoms with Gasteiger partial charge in [-0.2, -0.15) is 0 Å². The van der Waals surface area contributed by atoms with Gasteiger partial charge in [-0.3, -0.25) is 4.79 Å². The van der Waals surface area contributed by atoms with Crippen molar-refractivity contribution in [2.45, 2.75) is 9.79 Å². The molecule has 0 spiro atoms. The van der Waals surface area contributed by atoms with Crippen LogP contribution in [0.3, 0.4) is 0 Å². The number of thiol groups is 1. The molecule has 2 aromatic rings. The molecule has 0 heterocycles. The van der Waals surface area contributed by atoms with Gasteiger partial charge in [-0.25, -0.2) is 8.42 Å². The van der Waals surface area contributed by atoms with Crippen molar-refractivity contribution in [2.24, 2.45) is 0 Å².